The summed E-state index contributed by atoms with van der Waals surface area (Å²) >= 11 is 0. The van der Waals surface area contributed by atoms with Crippen LogP contribution in [-0.4, -0.2) is 25.4 Å². The van der Waals surface area contributed by atoms with E-state index in [0.717, 1.165) is 23.5 Å². The van der Waals surface area contributed by atoms with Crippen molar-refractivity contribution < 1.29 is 14.2 Å². The summed E-state index contributed by atoms with van der Waals surface area (Å²) in [6, 6.07) is 14.7. The molecule has 150 valence electrons. The largest absolute Gasteiger partial charge is 0.485 e. The molecule has 0 bridgehead atoms. The molecule has 0 aliphatic carbocycles. The zero-order chi connectivity index (χ0) is 20.1. The van der Waals surface area contributed by atoms with Crippen molar-refractivity contribution in [2.45, 2.75) is 52.0 Å². The number of anilines is 1. The van der Waals surface area contributed by atoms with Crippen molar-refractivity contribution in [2.75, 3.05) is 19.0 Å². The van der Waals surface area contributed by atoms with Crippen LogP contribution >= 0.6 is 0 Å². The Balaban J connectivity index is 1.80. The standard InChI is InChI=1S/C24H31NO3/c1-6-7-14-27-23-22(26-5)20-15-19(12-13-21(20)28-24(23,3)4)25-16-18-10-8-17(2)9-11-18/h6-13,15,22-23,25H,14,16H2,1-5H3/b7-6+. The van der Waals surface area contributed by atoms with E-state index < -0.39 is 5.60 Å². The van der Waals surface area contributed by atoms with Gasteiger partial charge in [0.05, 0.1) is 6.61 Å². The first-order chi connectivity index (χ1) is 13.4. The number of hydrogen-bond donors (Lipinski definition) is 1. The number of nitrogens with one attached hydrogen (secondary N) is 1. The molecular formula is C24H31NO3. The van der Waals surface area contributed by atoms with Gasteiger partial charge in [-0.25, -0.2) is 0 Å². The molecule has 0 spiro atoms. The molecule has 2 atom stereocenters. The SMILES string of the molecule is C/C=C/COC1C(OC)c2cc(NCc3ccc(C)cc3)ccc2OC1(C)C. The number of ether oxygens (including phenoxy) is 3. The maximum atomic E-state index is 6.27. The normalized spacial score (nSPS) is 20.6. The van der Waals surface area contributed by atoms with E-state index in [1.54, 1.807) is 7.11 Å². The summed E-state index contributed by atoms with van der Waals surface area (Å²) in [5.41, 5.74) is 4.09. The van der Waals surface area contributed by atoms with Crippen molar-refractivity contribution in [3.05, 3.63) is 71.3 Å². The van der Waals surface area contributed by atoms with Crippen molar-refractivity contribution in [1.29, 1.82) is 0 Å². The molecule has 0 radical (unpaired) electrons. The highest BCUT2D eigenvalue weighted by molar-refractivity contribution is 5.53. The number of allylic oxidation sites excluding steroid dienone is 1. The van der Waals surface area contributed by atoms with E-state index in [1.165, 1.54) is 11.1 Å². The van der Waals surface area contributed by atoms with E-state index in [0.29, 0.717) is 6.61 Å². The minimum Gasteiger partial charge on any atom is -0.485 e. The molecule has 4 heteroatoms. The van der Waals surface area contributed by atoms with Gasteiger partial charge in [-0.15, -0.1) is 0 Å². The smallest absolute Gasteiger partial charge is 0.132 e. The molecular weight excluding hydrogens is 350 g/mol. The topological polar surface area (TPSA) is 39.7 Å². The van der Waals surface area contributed by atoms with Crippen LogP contribution in [0.15, 0.2) is 54.6 Å². The molecule has 0 saturated heterocycles. The number of hydrogen-bond acceptors (Lipinski definition) is 4. The molecule has 1 heterocycles. The summed E-state index contributed by atoms with van der Waals surface area (Å²) in [5, 5.41) is 3.50. The van der Waals surface area contributed by atoms with Crippen LogP contribution in [0.3, 0.4) is 0 Å². The van der Waals surface area contributed by atoms with Gasteiger partial charge in [0, 0.05) is 24.9 Å². The van der Waals surface area contributed by atoms with Crippen molar-refractivity contribution in [1.82, 2.24) is 0 Å². The zero-order valence-electron chi connectivity index (χ0n) is 17.5. The minimum atomic E-state index is -0.480. The number of fused-ring (bicyclic) bond motifs is 1. The lowest BCUT2D eigenvalue weighted by atomic mass is 9.88. The van der Waals surface area contributed by atoms with Gasteiger partial charge in [-0.3, -0.25) is 0 Å². The van der Waals surface area contributed by atoms with Crippen LogP contribution in [0.1, 0.15) is 43.6 Å². The van der Waals surface area contributed by atoms with E-state index in [9.17, 15) is 0 Å². The van der Waals surface area contributed by atoms with Crippen LogP contribution in [0.2, 0.25) is 0 Å². The molecule has 28 heavy (non-hydrogen) atoms. The second kappa shape index (κ2) is 8.80. The quantitative estimate of drug-likeness (QED) is 0.650. The molecule has 2 unspecified atom stereocenters. The van der Waals surface area contributed by atoms with E-state index in [4.69, 9.17) is 14.2 Å². The summed E-state index contributed by atoms with van der Waals surface area (Å²) in [4.78, 5) is 0. The maximum Gasteiger partial charge on any atom is 0.132 e. The van der Waals surface area contributed by atoms with E-state index in [2.05, 4.69) is 48.6 Å². The monoisotopic (exact) mass is 381 g/mol. The molecule has 1 N–H and O–H groups in total. The first-order valence-electron chi connectivity index (χ1n) is 9.82. The van der Waals surface area contributed by atoms with Crippen molar-refractivity contribution in [3.8, 4) is 5.75 Å². The lowest BCUT2D eigenvalue weighted by molar-refractivity contribution is -0.148. The predicted octanol–water partition coefficient (Wildman–Crippen LogP) is 5.43. The Morgan fingerprint density at radius 1 is 1.14 bits per heavy atom. The van der Waals surface area contributed by atoms with Crippen LogP contribution < -0.4 is 10.1 Å². The fraction of sp³-hybridized carbons (Fsp3) is 0.417. The summed E-state index contributed by atoms with van der Waals surface area (Å²) in [7, 11) is 1.73. The van der Waals surface area contributed by atoms with Crippen LogP contribution in [-0.2, 0) is 16.0 Å². The van der Waals surface area contributed by atoms with Gasteiger partial charge in [0.15, 0.2) is 0 Å². The summed E-state index contributed by atoms with van der Waals surface area (Å²) < 4.78 is 18.3. The second-order valence-corrected chi connectivity index (χ2v) is 7.78. The lowest BCUT2D eigenvalue weighted by Gasteiger charge is -2.43. The molecule has 0 aromatic heterocycles. The summed E-state index contributed by atoms with van der Waals surface area (Å²) in [5.74, 6) is 0.851. The van der Waals surface area contributed by atoms with E-state index >= 15 is 0 Å². The Bertz CT molecular complexity index is 811. The fourth-order valence-electron chi connectivity index (χ4n) is 3.55. The number of aryl methyl sites for hydroxylation is 1. The third-order valence-corrected chi connectivity index (χ3v) is 5.13. The average molecular weight is 382 g/mol. The van der Waals surface area contributed by atoms with Crippen LogP contribution in [0.25, 0.3) is 0 Å². The first kappa shape index (κ1) is 20.4. The molecule has 2 aromatic rings. The van der Waals surface area contributed by atoms with Gasteiger partial charge in [-0.2, -0.15) is 0 Å². The Labute approximate surface area is 168 Å². The highest BCUT2D eigenvalue weighted by Gasteiger charge is 2.45. The summed E-state index contributed by atoms with van der Waals surface area (Å²) in [6.45, 7) is 9.49. The number of rotatable bonds is 7. The lowest BCUT2D eigenvalue weighted by Crippen LogP contribution is -2.50. The van der Waals surface area contributed by atoms with Gasteiger partial charge >= 0.3 is 0 Å². The van der Waals surface area contributed by atoms with Crippen LogP contribution in [0.5, 0.6) is 5.75 Å². The second-order valence-electron chi connectivity index (χ2n) is 7.78. The van der Waals surface area contributed by atoms with Gasteiger partial charge < -0.3 is 19.5 Å². The zero-order valence-corrected chi connectivity index (χ0v) is 17.5. The Kier molecular flexibility index (Phi) is 6.42. The third kappa shape index (κ3) is 4.57. The molecule has 2 aromatic carbocycles. The van der Waals surface area contributed by atoms with Gasteiger partial charge in [0.1, 0.15) is 23.6 Å². The van der Waals surface area contributed by atoms with Crippen molar-refractivity contribution in [3.63, 3.8) is 0 Å². The van der Waals surface area contributed by atoms with Gasteiger partial charge in [0.2, 0.25) is 0 Å². The van der Waals surface area contributed by atoms with Crippen LogP contribution in [0.4, 0.5) is 5.69 Å². The van der Waals surface area contributed by atoms with Gasteiger partial charge in [0.25, 0.3) is 0 Å². The molecule has 4 nitrogen and oxygen atoms in total. The first-order valence-corrected chi connectivity index (χ1v) is 9.82. The molecule has 0 fully saturated rings. The number of benzene rings is 2. The molecule has 1 aliphatic rings. The fourth-order valence-corrected chi connectivity index (χ4v) is 3.55. The van der Waals surface area contributed by atoms with E-state index in [-0.39, 0.29) is 12.2 Å². The summed E-state index contributed by atoms with van der Waals surface area (Å²) in [6.07, 6.45) is 3.59. The Morgan fingerprint density at radius 3 is 2.57 bits per heavy atom. The van der Waals surface area contributed by atoms with Crippen molar-refractivity contribution >= 4 is 5.69 Å². The molecule has 0 amide bonds. The Hall–Kier alpha value is -2.30. The third-order valence-electron chi connectivity index (χ3n) is 5.13. The molecule has 3 rings (SSSR count). The average Bonchev–Trinajstić information content (AvgIpc) is 2.67. The van der Waals surface area contributed by atoms with Crippen LogP contribution in [0, 0.1) is 6.92 Å². The highest BCUT2D eigenvalue weighted by atomic mass is 16.6. The Morgan fingerprint density at radius 2 is 1.89 bits per heavy atom. The predicted molar refractivity (Wildman–Crippen MR) is 114 cm³/mol. The number of methoxy groups -OCH3 is 1. The maximum absolute atomic E-state index is 6.27. The minimum absolute atomic E-state index is 0.190. The molecule has 0 saturated carbocycles. The van der Waals surface area contributed by atoms with Gasteiger partial charge in [-0.05, 0) is 51.5 Å². The highest BCUT2D eigenvalue weighted by Crippen LogP contribution is 2.44. The van der Waals surface area contributed by atoms with Gasteiger partial charge in [-0.1, -0.05) is 42.0 Å². The van der Waals surface area contributed by atoms with E-state index in [1.807, 2.05) is 39.0 Å². The molecule has 1 aliphatic heterocycles. The van der Waals surface area contributed by atoms with Crippen molar-refractivity contribution in [2.24, 2.45) is 0 Å².